The largest absolute Gasteiger partial charge is 0.434 e. The molecule has 0 aliphatic carbocycles. The van der Waals surface area contributed by atoms with Crippen molar-refractivity contribution in [1.82, 2.24) is 9.88 Å². The topological polar surface area (TPSA) is 53.4 Å². The Balaban J connectivity index is 2.97. The molecule has 0 saturated carbocycles. The lowest BCUT2D eigenvalue weighted by atomic mass is 10.3. The number of aromatic nitrogens is 1. The summed E-state index contributed by atoms with van der Waals surface area (Å²) in [5.41, 5.74) is -0.199. The summed E-state index contributed by atoms with van der Waals surface area (Å²) in [4.78, 5) is 15.2. The molecule has 0 spiro atoms. The van der Waals surface area contributed by atoms with Gasteiger partial charge in [-0.2, -0.15) is 13.2 Å². The van der Waals surface area contributed by atoms with Gasteiger partial charge in [0.25, 0.3) is 5.91 Å². The van der Waals surface area contributed by atoms with E-state index in [1.54, 1.807) is 0 Å². The second-order valence-electron chi connectivity index (χ2n) is 2.98. The van der Waals surface area contributed by atoms with E-state index in [0.717, 1.165) is 10.4 Å². The van der Waals surface area contributed by atoms with Crippen LogP contribution in [0, 0.1) is 0 Å². The van der Waals surface area contributed by atoms with Crippen LogP contribution >= 0.6 is 11.3 Å². The SMILES string of the molecule is CN(CCO)C(=O)c1scnc1C(F)(F)F. The molecule has 0 aliphatic rings. The molecule has 0 unspecified atom stereocenters. The molecule has 1 N–H and O–H groups in total. The third kappa shape index (κ3) is 2.70. The molecule has 0 atom stereocenters. The van der Waals surface area contributed by atoms with Gasteiger partial charge < -0.3 is 10.0 Å². The highest BCUT2D eigenvalue weighted by Gasteiger charge is 2.38. The van der Waals surface area contributed by atoms with Gasteiger partial charge in [0, 0.05) is 13.6 Å². The van der Waals surface area contributed by atoms with Crippen LogP contribution in [0.25, 0.3) is 0 Å². The molecule has 0 aliphatic heterocycles. The Morgan fingerprint density at radius 3 is 2.75 bits per heavy atom. The van der Waals surface area contributed by atoms with Crippen LogP contribution in [0.5, 0.6) is 0 Å². The third-order valence-electron chi connectivity index (χ3n) is 1.81. The quantitative estimate of drug-likeness (QED) is 0.882. The van der Waals surface area contributed by atoms with Gasteiger partial charge in [0.2, 0.25) is 0 Å². The van der Waals surface area contributed by atoms with Crippen molar-refractivity contribution in [1.29, 1.82) is 0 Å². The number of thiazole rings is 1. The predicted molar refractivity (Wildman–Crippen MR) is 51.2 cm³/mol. The molecule has 1 aromatic rings. The van der Waals surface area contributed by atoms with Crippen molar-refractivity contribution < 1.29 is 23.1 Å². The number of hydrogen-bond acceptors (Lipinski definition) is 4. The Hall–Kier alpha value is -1.15. The van der Waals surface area contributed by atoms with Crippen LogP contribution in [0.3, 0.4) is 0 Å². The Morgan fingerprint density at radius 1 is 1.62 bits per heavy atom. The fourth-order valence-electron chi connectivity index (χ4n) is 1.02. The van der Waals surface area contributed by atoms with Crippen molar-refractivity contribution in [2.24, 2.45) is 0 Å². The molecular weight excluding hydrogens is 245 g/mol. The van der Waals surface area contributed by atoms with Gasteiger partial charge in [0.05, 0.1) is 12.1 Å². The second kappa shape index (κ2) is 4.79. The molecule has 90 valence electrons. The van der Waals surface area contributed by atoms with Crippen molar-refractivity contribution in [2.45, 2.75) is 6.18 Å². The van der Waals surface area contributed by atoms with E-state index in [1.807, 2.05) is 0 Å². The van der Waals surface area contributed by atoms with Crippen LogP contribution in [-0.4, -0.2) is 41.1 Å². The summed E-state index contributed by atoms with van der Waals surface area (Å²) in [7, 11) is 1.32. The van der Waals surface area contributed by atoms with Crippen molar-refractivity contribution in [3.05, 3.63) is 16.1 Å². The molecule has 1 aromatic heterocycles. The van der Waals surface area contributed by atoms with E-state index in [1.165, 1.54) is 7.05 Å². The van der Waals surface area contributed by atoms with E-state index in [0.29, 0.717) is 11.3 Å². The number of carbonyl (C=O) groups is 1. The van der Waals surface area contributed by atoms with Gasteiger partial charge in [0.15, 0.2) is 5.69 Å². The monoisotopic (exact) mass is 254 g/mol. The number of likely N-dealkylation sites (N-methyl/N-ethyl adjacent to an activating group) is 1. The van der Waals surface area contributed by atoms with Crippen LogP contribution in [0.1, 0.15) is 15.4 Å². The van der Waals surface area contributed by atoms with Crippen LogP contribution < -0.4 is 0 Å². The third-order valence-corrected chi connectivity index (χ3v) is 2.63. The normalized spacial score (nSPS) is 11.6. The number of carbonyl (C=O) groups excluding carboxylic acids is 1. The second-order valence-corrected chi connectivity index (χ2v) is 3.83. The highest BCUT2D eigenvalue weighted by atomic mass is 32.1. The van der Waals surface area contributed by atoms with Crippen molar-refractivity contribution in [2.75, 3.05) is 20.2 Å². The highest BCUT2D eigenvalue weighted by molar-refractivity contribution is 7.11. The summed E-state index contributed by atoms with van der Waals surface area (Å²) in [5.74, 6) is -0.788. The minimum atomic E-state index is -4.63. The van der Waals surface area contributed by atoms with Crippen LogP contribution in [-0.2, 0) is 6.18 Å². The van der Waals surface area contributed by atoms with Crippen molar-refractivity contribution in [3.8, 4) is 0 Å². The molecule has 0 saturated heterocycles. The number of amides is 1. The molecule has 1 rings (SSSR count). The van der Waals surface area contributed by atoms with Gasteiger partial charge in [-0.1, -0.05) is 0 Å². The standard InChI is InChI=1S/C8H9F3N2O2S/c1-13(2-3-14)7(15)5-6(8(9,10)11)12-4-16-5/h4,14H,2-3H2,1H3. The fourth-order valence-corrected chi connectivity index (χ4v) is 1.82. The molecule has 1 amide bonds. The van der Waals surface area contributed by atoms with Crippen molar-refractivity contribution >= 4 is 17.2 Å². The summed E-state index contributed by atoms with van der Waals surface area (Å²) in [5, 5.41) is 8.58. The molecule has 1 heterocycles. The molecular formula is C8H9F3N2O2S. The average molecular weight is 254 g/mol. The number of nitrogens with zero attached hydrogens (tertiary/aromatic N) is 2. The zero-order valence-electron chi connectivity index (χ0n) is 8.28. The Labute approximate surface area is 93.3 Å². The summed E-state index contributed by atoms with van der Waals surface area (Å²) in [6.07, 6.45) is -4.63. The number of aliphatic hydroxyl groups excluding tert-OH is 1. The number of hydrogen-bond donors (Lipinski definition) is 1. The molecule has 0 aromatic carbocycles. The van der Waals surface area contributed by atoms with E-state index in [-0.39, 0.29) is 13.2 Å². The van der Waals surface area contributed by atoms with Gasteiger partial charge in [-0.05, 0) is 0 Å². The zero-order valence-corrected chi connectivity index (χ0v) is 9.10. The molecule has 8 heteroatoms. The Bertz CT molecular complexity index is 378. The lowest BCUT2D eigenvalue weighted by Gasteiger charge is -2.15. The minimum Gasteiger partial charge on any atom is -0.395 e. The fraction of sp³-hybridized carbons (Fsp3) is 0.500. The smallest absolute Gasteiger partial charge is 0.395 e. The van der Waals surface area contributed by atoms with Gasteiger partial charge in [-0.15, -0.1) is 11.3 Å². The van der Waals surface area contributed by atoms with E-state index in [2.05, 4.69) is 4.98 Å². The lowest BCUT2D eigenvalue weighted by Crippen LogP contribution is -2.30. The molecule has 0 fully saturated rings. The van der Waals surface area contributed by atoms with E-state index >= 15 is 0 Å². The molecule has 0 bridgehead atoms. The summed E-state index contributed by atoms with van der Waals surface area (Å²) in [6, 6.07) is 0. The Morgan fingerprint density at radius 2 is 2.25 bits per heavy atom. The highest BCUT2D eigenvalue weighted by Crippen LogP contribution is 2.33. The zero-order chi connectivity index (χ0) is 12.3. The van der Waals surface area contributed by atoms with Gasteiger partial charge in [0.1, 0.15) is 4.88 Å². The maximum absolute atomic E-state index is 12.4. The number of rotatable bonds is 3. The summed E-state index contributed by atoms with van der Waals surface area (Å²) >= 11 is 0.635. The van der Waals surface area contributed by atoms with Gasteiger partial charge >= 0.3 is 6.18 Å². The van der Waals surface area contributed by atoms with Crippen LogP contribution in [0.15, 0.2) is 5.51 Å². The lowest BCUT2D eigenvalue weighted by molar-refractivity contribution is -0.141. The minimum absolute atomic E-state index is 0.0198. The Kier molecular flexibility index (Phi) is 3.87. The first-order chi connectivity index (χ1) is 7.38. The maximum Gasteiger partial charge on any atom is 0.434 e. The van der Waals surface area contributed by atoms with Gasteiger partial charge in [-0.25, -0.2) is 4.98 Å². The van der Waals surface area contributed by atoms with Crippen LogP contribution in [0.4, 0.5) is 13.2 Å². The summed E-state index contributed by atoms with van der Waals surface area (Å²) in [6.45, 7) is -0.323. The molecule has 4 nitrogen and oxygen atoms in total. The number of halogens is 3. The maximum atomic E-state index is 12.4. The van der Waals surface area contributed by atoms with E-state index in [9.17, 15) is 18.0 Å². The van der Waals surface area contributed by atoms with E-state index in [4.69, 9.17) is 5.11 Å². The average Bonchev–Trinajstić information content (AvgIpc) is 2.64. The first-order valence-electron chi connectivity index (χ1n) is 4.25. The first kappa shape index (κ1) is 12.9. The number of alkyl halides is 3. The predicted octanol–water partition coefficient (Wildman–Crippen LogP) is 1.23. The molecule has 0 radical (unpaired) electrons. The first-order valence-corrected chi connectivity index (χ1v) is 5.13. The van der Waals surface area contributed by atoms with Crippen molar-refractivity contribution in [3.63, 3.8) is 0 Å². The van der Waals surface area contributed by atoms with Crippen LogP contribution in [0.2, 0.25) is 0 Å². The van der Waals surface area contributed by atoms with Gasteiger partial charge in [-0.3, -0.25) is 4.79 Å². The summed E-state index contributed by atoms with van der Waals surface area (Å²) < 4.78 is 37.2. The van der Waals surface area contributed by atoms with E-state index < -0.39 is 22.7 Å². The molecule has 16 heavy (non-hydrogen) atoms. The number of aliphatic hydroxyl groups is 1.